The van der Waals surface area contributed by atoms with Gasteiger partial charge in [0.2, 0.25) is 0 Å². The normalized spacial score (nSPS) is 11.5. The molecular formula is C36H26N4PS+. The van der Waals surface area contributed by atoms with Crippen molar-refractivity contribution in [3.8, 4) is 17.5 Å². The standard InChI is InChI=1S/C36H26N4PS/c37-25-26-42-36-33(35-38-31-23-13-14-24-32(31)40(35)34(39-36)27-15-5-1-6-16-27)41(28-17-7-2-8-18-28,29-19-9-3-10-20-29)30-21-11-4-12-22-30/h1-24H,26H2/q+1. The average molecular weight is 578 g/mol. The number of para-hydroxylation sites is 2. The van der Waals surface area contributed by atoms with E-state index < -0.39 is 7.26 Å². The van der Waals surface area contributed by atoms with Crippen molar-refractivity contribution in [1.82, 2.24) is 14.4 Å². The number of aromatic nitrogens is 3. The summed E-state index contributed by atoms with van der Waals surface area (Å²) in [6.45, 7) is 0. The molecule has 0 saturated heterocycles. The van der Waals surface area contributed by atoms with Crippen molar-refractivity contribution in [2.45, 2.75) is 5.03 Å². The van der Waals surface area contributed by atoms with Crippen molar-refractivity contribution >= 4 is 56.9 Å². The zero-order chi connectivity index (χ0) is 28.4. The van der Waals surface area contributed by atoms with Crippen LogP contribution in [-0.4, -0.2) is 20.1 Å². The zero-order valence-corrected chi connectivity index (χ0v) is 24.4. The predicted molar refractivity (Wildman–Crippen MR) is 177 cm³/mol. The summed E-state index contributed by atoms with van der Waals surface area (Å²) in [7, 11) is -2.57. The molecule has 2 heterocycles. The molecule has 2 aromatic heterocycles. The van der Waals surface area contributed by atoms with E-state index in [1.54, 1.807) is 0 Å². The van der Waals surface area contributed by atoms with Crippen molar-refractivity contribution in [2.75, 3.05) is 5.75 Å². The van der Waals surface area contributed by atoms with Gasteiger partial charge in [0.05, 0.1) is 22.9 Å². The number of imidazole rings is 1. The summed E-state index contributed by atoms with van der Waals surface area (Å²) in [5.74, 6) is 1.10. The van der Waals surface area contributed by atoms with Crippen molar-refractivity contribution in [1.29, 1.82) is 5.26 Å². The van der Waals surface area contributed by atoms with Gasteiger partial charge in [0.15, 0.2) is 18.2 Å². The number of nitrogens with zero attached hydrogens (tertiary/aromatic N) is 4. The molecule has 0 aliphatic carbocycles. The van der Waals surface area contributed by atoms with Gasteiger partial charge >= 0.3 is 0 Å². The van der Waals surface area contributed by atoms with Gasteiger partial charge in [-0.2, -0.15) is 5.26 Å². The van der Waals surface area contributed by atoms with E-state index in [4.69, 9.17) is 9.97 Å². The molecule has 0 fully saturated rings. The summed E-state index contributed by atoms with van der Waals surface area (Å²) >= 11 is 1.49. The second kappa shape index (κ2) is 11.3. The molecule has 4 nitrogen and oxygen atoms in total. The largest absolute Gasteiger partial charge is 0.273 e. The van der Waals surface area contributed by atoms with Crippen LogP contribution in [0.4, 0.5) is 0 Å². The fourth-order valence-corrected chi connectivity index (χ4v) is 11.3. The number of hydrogen-bond donors (Lipinski definition) is 0. The molecule has 200 valence electrons. The van der Waals surface area contributed by atoms with Crippen LogP contribution in [0.3, 0.4) is 0 Å². The van der Waals surface area contributed by atoms with Crippen LogP contribution in [0.15, 0.2) is 151 Å². The fourth-order valence-electron chi connectivity index (χ4n) is 5.76. The fraction of sp³-hybridized carbons (Fsp3) is 0.0278. The molecule has 7 rings (SSSR count). The van der Waals surface area contributed by atoms with Crippen LogP contribution in [0.1, 0.15) is 0 Å². The molecule has 0 spiro atoms. The van der Waals surface area contributed by atoms with E-state index in [1.165, 1.54) is 27.7 Å². The van der Waals surface area contributed by atoms with Gasteiger partial charge in [-0.25, -0.2) is 9.97 Å². The number of hydrogen-bond acceptors (Lipinski definition) is 4. The highest BCUT2D eigenvalue weighted by atomic mass is 32.2. The minimum absolute atomic E-state index is 0.281. The van der Waals surface area contributed by atoms with Gasteiger partial charge < -0.3 is 0 Å². The van der Waals surface area contributed by atoms with Gasteiger partial charge in [-0.15, -0.1) is 0 Å². The SMILES string of the molecule is N#CCSc1nc(-c2ccccc2)n2c(nc3ccccc32)c1[P+](c1ccccc1)(c1ccccc1)c1ccccc1. The molecule has 0 amide bonds. The lowest BCUT2D eigenvalue weighted by atomic mass is 10.2. The van der Waals surface area contributed by atoms with Crippen LogP contribution in [0.5, 0.6) is 0 Å². The molecule has 0 atom stereocenters. The second-order valence-electron chi connectivity index (χ2n) is 9.84. The Bertz CT molecular complexity index is 1940. The number of benzene rings is 5. The molecule has 0 saturated carbocycles. The molecule has 0 bridgehead atoms. The second-order valence-corrected chi connectivity index (χ2v) is 14.1. The van der Waals surface area contributed by atoms with E-state index in [0.29, 0.717) is 0 Å². The van der Waals surface area contributed by atoms with Crippen LogP contribution >= 0.6 is 19.0 Å². The van der Waals surface area contributed by atoms with E-state index in [9.17, 15) is 5.26 Å². The van der Waals surface area contributed by atoms with E-state index in [2.05, 4.69) is 132 Å². The number of thioether (sulfide) groups is 1. The maximum Gasteiger partial charge on any atom is 0.186 e. The molecule has 0 radical (unpaired) electrons. The number of nitriles is 1. The first-order chi connectivity index (χ1) is 20.8. The first kappa shape index (κ1) is 26.2. The summed E-state index contributed by atoms with van der Waals surface area (Å²) in [4.78, 5) is 10.8. The molecular weight excluding hydrogens is 551 g/mol. The molecule has 0 aliphatic rings. The summed E-state index contributed by atoms with van der Waals surface area (Å²) in [6.07, 6.45) is 0. The van der Waals surface area contributed by atoms with Crippen LogP contribution in [0, 0.1) is 11.3 Å². The Kier molecular flexibility index (Phi) is 7.01. The molecule has 6 heteroatoms. The maximum absolute atomic E-state index is 9.78. The van der Waals surface area contributed by atoms with Crippen LogP contribution < -0.4 is 21.2 Å². The third-order valence-corrected chi connectivity index (χ3v) is 12.8. The van der Waals surface area contributed by atoms with Gasteiger partial charge in [0.25, 0.3) is 0 Å². The van der Waals surface area contributed by atoms with Crippen molar-refractivity contribution in [3.05, 3.63) is 146 Å². The highest BCUT2D eigenvalue weighted by molar-refractivity contribution is 8.04. The van der Waals surface area contributed by atoms with Crippen molar-refractivity contribution in [3.63, 3.8) is 0 Å². The lowest BCUT2D eigenvalue weighted by Crippen LogP contribution is -2.40. The molecule has 0 aliphatic heterocycles. The third kappa shape index (κ3) is 4.28. The van der Waals surface area contributed by atoms with Gasteiger partial charge in [0, 0.05) is 5.56 Å². The van der Waals surface area contributed by atoms with Crippen molar-refractivity contribution in [2.24, 2.45) is 0 Å². The van der Waals surface area contributed by atoms with Gasteiger partial charge in [-0.05, 0) is 48.5 Å². The van der Waals surface area contributed by atoms with Gasteiger partial charge in [-0.1, -0.05) is 109 Å². The minimum atomic E-state index is -2.57. The first-order valence-corrected chi connectivity index (χ1v) is 16.5. The van der Waals surface area contributed by atoms with Crippen LogP contribution in [0.2, 0.25) is 0 Å². The first-order valence-electron chi connectivity index (χ1n) is 13.7. The van der Waals surface area contributed by atoms with E-state index in [1.807, 2.05) is 24.3 Å². The quantitative estimate of drug-likeness (QED) is 0.119. The Labute approximate surface area is 249 Å². The molecule has 0 unspecified atom stereocenters. The van der Waals surface area contributed by atoms with Crippen molar-refractivity contribution < 1.29 is 0 Å². The van der Waals surface area contributed by atoms with Crippen LogP contribution in [0.25, 0.3) is 28.1 Å². The number of fused-ring (bicyclic) bond motifs is 3. The van der Waals surface area contributed by atoms with Gasteiger partial charge in [-0.3, -0.25) is 4.40 Å². The highest BCUT2D eigenvalue weighted by Gasteiger charge is 2.52. The summed E-state index contributed by atoms with van der Waals surface area (Å²) < 4.78 is 2.22. The average Bonchev–Trinajstić information content (AvgIpc) is 3.46. The summed E-state index contributed by atoms with van der Waals surface area (Å²) in [6, 6.07) is 53.2. The van der Waals surface area contributed by atoms with Gasteiger partial charge in [0.1, 0.15) is 26.8 Å². The number of rotatable bonds is 7. The third-order valence-electron chi connectivity index (χ3n) is 7.47. The molecule has 42 heavy (non-hydrogen) atoms. The Balaban J connectivity index is 1.74. The van der Waals surface area contributed by atoms with Crippen LogP contribution in [-0.2, 0) is 0 Å². The summed E-state index contributed by atoms with van der Waals surface area (Å²) in [5.41, 5.74) is 3.78. The Morgan fingerprint density at radius 1 is 0.619 bits per heavy atom. The highest BCUT2D eigenvalue weighted by Crippen LogP contribution is 2.57. The van der Waals surface area contributed by atoms with E-state index in [-0.39, 0.29) is 5.75 Å². The maximum atomic E-state index is 9.78. The topological polar surface area (TPSA) is 54.0 Å². The Morgan fingerprint density at radius 2 is 1.12 bits per heavy atom. The van der Waals surface area contributed by atoms with E-state index in [0.717, 1.165) is 38.4 Å². The molecule has 5 aromatic carbocycles. The Hall–Kier alpha value is -4.75. The lowest BCUT2D eigenvalue weighted by molar-refractivity contribution is 1.05. The molecule has 7 aromatic rings. The monoisotopic (exact) mass is 577 g/mol. The predicted octanol–water partition coefficient (Wildman–Crippen LogP) is 6.78. The summed E-state index contributed by atoms with van der Waals surface area (Å²) in [5, 5.41) is 15.3. The zero-order valence-electron chi connectivity index (χ0n) is 22.7. The Morgan fingerprint density at radius 3 is 1.67 bits per heavy atom. The van der Waals surface area contributed by atoms with E-state index >= 15 is 0 Å². The molecule has 0 N–H and O–H groups in total. The smallest absolute Gasteiger partial charge is 0.186 e. The lowest BCUT2D eigenvalue weighted by Gasteiger charge is -2.29. The minimum Gasteiger partial charge on any atom is -0.273 e.